The van der Waals surface area contributed by atoms with E-state index < -0.39 is 11.6 Å². The molecule has 1 fully saturated rings. The maximum Gasteiger partial charge on any atom is 0.407 e. The van der Waals surface area contributed by atoms with E-state index in [0.29, 0.717) is 18.8 Å². The Morgan fingerprint density at radius 2 is 1.84 bits per heavy atom. The Labute approximate surface area is 223 Å². The first kappa shape index (κ1) is 25.6. The minimum atomic E-state index is -0.867. The number of hydrogen-bond donors (Lipinski definition) is 2. The summed E-state index contributed by atoms with van der Waals surface area (Å²) in [6.07, 6.45) is 1.15. The van der Waals surface area contributed by atoms with Crippen molar-refractivity contribution in [2.45, 2.75) is 45.8 Å². The molecule has 0 spiro atoms. The van der Waals surface area contributed by atoms with Gasteiger partial charge in [0.1, 0.15) is 24.0 Å². The van der Waals surface area contributed by atoms with Crippen molar-refractivity contribution in [2.75, 3.05) is 24.5 Å². The van der Waals surface area contributed by atoms with Gasteiger partial charge >= 0.3 is 6.09 Å². The summed E-state index contributed by atoms with van der Waals surface area (Å²) in [6.45, 7) is 8.56. The number of benzene rings is 2. The zero-order valence-corrected chi connectivity index (χ0v) is 22.2. The van der Waals surface area contributed by atoms with Gasteiger partial charge in [-0.25, -0.2) is 14.8 Å². The monoisotopic (exact) mass is 513 g/mol. The fourth-order valence-electron chi connectivity index (χ4n) is 4.96. The number of aromatic amines is 1. The quantitative estimate of drug-likeness (QED) is 0.306. The number of imidazole rings is 1. The van der Waals surface area contributed by atoms with Crippen LogP contribution in [-0.4, -0.2) is 56.2 Å². The molecule has 1 saturated heterocycles. The highest BCUT2D eigenvalue weighted by Gasteiger charge is 2.31. The van der Waals surface area contributed by atoms with Gasteiger partial charge in [-0.3, -0.25) is 0 Å². The molecule has 2 aromatic heterocycles. The third-order valence-electron chi connectivity index (χ3n) is 7.03. The number of carboxylic acid groups (broad SMARTS) is 1. The molecule has 1 amide bonds. The number of nitrogens with zero attached hydrogens (tertiary/aromatic N) is 4. The van der Waals surface area contributed by atoms with Crippen molar-refractivity contribution in [3.63, 3.8) is 0 Å². The van der Waals surface area contributed by atoms with Crippen molar-refractivity contribution in [1.29, 1.82) is 0 Å². The number of rotatable bonds is 7. The van der Waals surface area contributed by atoms with E-state index in [1.807, 2.05) is 87.5 Å². The Bertz CT molecular complexity index is 1380. The van der Waals surface area contributed by atoms with E-state index in [1.54, 1.807) is 4.90 Å². The number of hydrogen-bond acceptors (Lipinski definition) is 5. The van der Waals surface area contributed by atoms with E-state index >= 15 is 0 Å². The van der Waals surface area contributed by atoms with Crippen LogP contribution in [0.5, 0.6) is 5.75 Å². The van der Waals surface area contributed by atoms with Gasteiger partial charge in [-0.15, -0.1) is 0 Å². The van der Waals surface area contributed by atoms with E-state index in [0.717, 1.165) is 60.0 Å². The molecule has 0 radical (unpaired) electrons. The zero-order valence-electron chi connectivity index (χ0n) is 22.2. The lowest BCUT2D eigenvalue weighted by Gasteiger charge is -2.39. The zero-order chi connectivity index (χ0) is 26.7. The Hall–Kier alpha value is -4.07. The molecule has 0 aliphatic carbocycles. The highest BCUT2D eigenvalue weighted by atomic mass is 16.5. The maximum absolute atomic E-state index is 11.8. The summed E-state index contributed by atoms with van der Waals surface area (Å²) in [5, 5.41) is 9.71. The first-order chi connectivity index (χ1) is 18.3. The predicted molar refractivity (Wildman–Crippen MR) is 150 cm³/mol. The third kappa shape index (κ3) is 5.90. The molecule has 1 aliphatic rings. The highest BCUT2D eigenvalue weighted by molar-refractivity contribution is 5.77. The van der Waals surface area contributed by atoms with Crippen molar-refractivity contribution in [2.24, 2.45) is 5.92 Å². The maximum atomic E-state index is 11.8. The van der Waals surface area contributed by atoms with E-state index in [1.165, 1.54) is 0 Å². The first-order valence-corrected chi connectivity index (χ1v) is 13.2. The Morgan fingerprint density at radius 1 is 1.08 bits per heavy atom. The largest absolute Gasteiger partial charge is 0.489 e. The summed E-state index contributed by atoms with van der Waals surface area (Å²) in [6, 6.07) is 22.0. The molecule has 4 aromatic rings. The smallest absolute Gasteiger partial charge is 0.407 e. The molecule has 5 rings (SSSR count). The second-order valence-corrected chi connectivity index (χ2v) is 10.9. The molecule has 8 nitrogen and oxygen atoms in total. The lowest BCUT2D eigenvalue weighted by atomic mass is 9.95. The number of carbonyl (C=O) groups is 1. The van der Waals surface area contributed by atoms with E-state index in [9.17, 15) is 9.90 Å². The van der Waals surface area contributed by atoms with Gasteiger partial charge < -0.3 is 24.6 Å². The highest BCUT2D eigenvalue weighted by Crippen LogP contribution is 2.28. The molecule has 0 bridgehead atoms. The predicted octanol–water partition coefficient (Wildman–Crippen LogP) is 6.20. The van der Waals surface area contributed by atoms with Gasteiger partial charge in [0, 0.05) is 30.7 Å². The number of H-pyrrole nitrogens is 1. The molecule has 8 heteroatoms. The normalized spacial score (nSPS) is 16.0. The minimum Gasteiger partial charge on any atom is -0.489 e. The van der Waals surface area contributed by atoms with Crippen LogP contribution in [0.4, 0.5) is 10.6 Å². The summed E-state index contributed by atoms with van der Waals surface area (Å²) < 4.78 is 5.90. The van der Waals surface area contributed by atoms with Crippen LogP contribution in [0.25, 0.3) is 22.6 Å². The second kappa shape index (κ2) is 10.7. The molecular weight excluding hydrogens is 478 g/mol. The van der Waals surface area contributed by atoms with Gasteiger partial charge in [0.25, 0.3) is 0 Å². The third-order valence-corrected chi connectivity index (χ3v) is 7.03. The minimum absolute atomic E-state index is 0.258. The number of pyridine rings is 1. The SMILES string of the molecule is CC(C)(C)N(CC1CCCN(c2ccc3[nH]c(-c4ccc(OCc5ccccc5)cc4)nc3n2)C1)C(=O)O. The van der Waals surface area contributed by atoms with Crippen molar-refractivity contribution in [3.8, 4) is 17.1 Å². The molecule has 38 heavy (non-hydrogen) atoms. The fourth-order valence-corrected chi connectivity index (χ4v) is 4.96. The molecule has 1 unspecified atom stereocenters. The van der Waals surface area contributed by atoms with Gasteiger partial charge in [0.15, 0.2) is 5.65 Å². The van der Waals surface area contributed by atoms with Crippen LogP contribution in [0.2, 0.25) is 0 Å². The van der Waals surface area contributed by atoms with Crippen molar-refractivity contribution < 1.29 is 14.6 Å². The van der Waals surface area contributed by atoms with Gasteiger partial charge in [-0.2, -0.15) is 0 Å². The number of piperidine rings is 1. The summed E-state index contributed by atoms with van der Waals surface area (Å²) in [5.41, 5.74) is 3.22. The number of anilines is 1. The number of ether oxygens (including phenoxy) is 1. The van der Waals surface area contributed by atoms with Gasteiger partial charge in [0.2, 0.25) is 0 Å². The lowest BCUT2D eigenvalue weighted by molar-refractivity contribution is 0.0864. The number of fused-ring (bicyclic) bond motifs is 1. The Balaban J connectivity index is 1.26. The standard InChI is InChI=1S/C30H35N5O3/c1-30(2,3)35(29(36)37)19-22-10-7-17-34(18-22)26-16-15-25-28(32-26)33-27(31-25)23-11-13-24(14-12-23)38-20-21-8-5-4-6-9-21/h4-6,8-9,11-16,22H,7,10,17-20H2,1-3H3,(H,36,37)(H,31,32,33). The van der Waals surface area contributed by atoms with E-state index in [-0.39, 0.29) is 5.92 Å². The average molecular weight is 514 g/mol. The van der Waals surface area contributed by atoms with Crippen LogP contribution in [0, 0.1) is 5.92 Å². The summed E-state index contributed by atoms with van der Waals surface area (Å²) in [7, 11) is 0. The molecule has 2 aromatic carbocycles. The van der Waals surface area contributed by atoms with Gasteiger partial charge in [0.05, 0.1) is 5.52 Å². The number of nitrogens with one attached hydrogen (secondary N) is 1. The van der Waals surface area contributed by atoms with Crippen molar-refractivity contribution in [3.05, 3.63) is 72.3 Å². The van der Waals surface area contributed by atoms with Crippen LogP contribution in [0.15, 0.2) is 66.7 Å². The molecule has 2 N–H and O–H groups in total. The topological polar surface area (TPSA) is 94.6 Å². The Kier molecular flexibility index (Phi) is 7.22. The molecule has 3 heterocycles. The van der Waals surface area contributed by atoms with Crippen LogP contribution < -0.4 is 9.64 Å². The van der Waals surface area contributed by atoms with Crippen LogP contribution in [0.3, 0.4) is 0 Å². The molecule has 1 aliphatic heterocycles. The summed E-state index contributed by atoms with van der Waals surface area (Å²) in [4.78, 5) is 28.6. The molecule has 1 atom stereocenters. The first-order valence-electron chi connectivity index (χ1n) is 13.2. The number of amides is 1. The van der Waals surface area contributed by atoms with Crippen LogP contribution in [-0.2, 0) is 6.61 Å². The lowest BCUT2D eigenvalue weighted by Crippen LogP contribution is -2.50. The van der Waals surface area contributed by atoms with Crippen LogP contribution in [0.1, 0.15) is 39.2 Å². The van der Waals surface area contributed by atoms with Crippen molar-refractivity contribution >= 4 is 23.1 Å². The molecular formula is C30H35N5O3. The average Bonchev–Trinajstić information content (AvgIpc) is 3.34. The van der Waals surface area contributed by atoms with E-state index in [4.69, 9.17) is 14.7 Å². The summed E-state index contributed by atoms with van der Waals surface area (Å²) in [5.74, 6) is 2.70. The van der Waals surface area contributed by atoms with Gasteiger partial charge in [-0.1, -0.05) is 30.3 Å². The molecule has 0 saturated carbocycles. The summed E-state index contributed by atoms with van der Waals surface area (Å²) >= 11 is 0. The number of aromatic nitrogens is 3. The fraction of sp³-hybridized carbons (Fsp3) is 0.367. The van der Waals surface area contributed by atoms with Gasteiger partial charge in [-0.05, 0) is 81.5 Å². The molecule has 198 valence electrons. The van der Waals surface area contributed by atoms with Crippen LogP contribution >= 0.6 is 0 Å². The van der Waals surface area contributed by atoms with Crippen molar-refractivity contribution in [1.82, 2.24) is 19.9 Å². The van der Waals surface area contributed by atoms with E-state index in [2.05, 4.69) is 9.88 Å². The second-order valence-electron chi connectivity index (χ2n) is 10.9. The Morgan fingerprint density at radius 3 is 2.55 bits per heavy atom.